The first-order chi connectivity index (χ1) is 13.3. The van der Waals surface area contributed by atoms with Gasteiger partial charge < -0.3 is 5.32 Å². The van der Waals surface area contributed by atoms with Crippen molar-refractivity contribution in [1.82, 2.24) is 5.32 Å². The highest BCUT2D eigenvalue weighted by atomic mass is 32.2. The van der Waals surface area contributed by atoms with Crippen molar-refractivity contribution in [3.05, 3.63) is 90.5 Å². The van der Waals surface area contributed by atoms with Crippen LogP contribution in [0.5, 0.6) is 0 Å². The maximum atomic E-state index is 12.8. The van der Waals surface area contributed by atoms with Crippen molar-refractivity contribution in [2.24, 2.45) is 5.92 Å². The molecule has 4 rings (SSSR count). The van der Waals surface area contributed by atoms with Crippen LogP contribution in [0.1, 0.15) is 23.2 Å². The van der Waals surface area contributed by atoms with Crippen molar-refractivity contribution < 1.29 is 4.79 Å². The van der Waals surface area contributed by atoms with Crippen molar-refractivity contribution in [1.29, 1.82) is 0 Å². The van der Waals surface area contributed by atoms with Crippen LogP contribution >= 0.6 is 0 Å². The summed E-state index contributed by atoms with van der Waals surface area (Å²) in [6.45, 7) is 1.89. The average molecular weight is 375 g/mol. The van der Waals surface area contributed by atoms with Gasteiger partial charge >= 0.3 is 0 Å². The largest absolute Gasteiger partial charge is 0.317 e. The molecule has 1 aliphatic heterocycles. The van der Waals surface area contributed by atoms with Crippen molar-refractivity contribution >= 4 is 16.7 Å². The van der Waals surface area contributed by atoms with Gasteiger partial charge in [-0.2, -0.15) is 0 Å². The van der Waals surface area contributed by atoms with Crippen LogP contribution in [0.3, 0.4) is 0 Å². The van der Waals surface area contributed by atoms with Gasteiger partial charge in [-0.05, 0) is 74.5 Å². The van der Waals surface area contributed by atoms with E-state index in [2.05, 4.69) is 78.1 Å². The second kappa shape index (κ2) is 8.55. The van der Waals surface area contributed by atoms with Crippen LogP contribution in [0.25, 0.3) is 0 Å². The molecule has 0 atom stereocenters. The van der Waals surface area contributed by atoms with Crippen molar-refractivity contribution in [2.75, 3.05) is 13.1 Å². The molecule has 0 aliphatic carbocycles. The quantitative estimate of drug-likeness (QED) is 0.505. The Morgan fingerprint density at radius 1 is 0.704 bits per heavy atom. The molecule has 1 N–H and O–H groups in total. The number of carbonyl (C=O) groups is 1. The number of piperidine rings is 1. The number of hydrogen-bond acceptors (Lipinski definition) is 2. The molecular formula is C24H24NOS+. The van der Waals surface area contributed by atoms with E-state index in [9.17, 15) is 4.79 Å². The number of ketones is 1. The Morgan fingerprint density at radius 2 is 1.19 bits per heavy atom. The van der Waals surface area contributed by atoms with E-state index < -0.39 is 0 Å². The Balaban J connectivity index is 1.64. The van der Waals surface area contributed by atoms with Crippen LogP contribution in [0.15, 0.2) is 99.6 Å². The summed E-state index contributed by atoms with van der Waals surface area (Å²) >= 11 is 0. The van der Waals surface area contributed by atoms with Gasteiger partial charge in [-0.15, -0.1) is 0 Å². The molecule has 136 valence electrons. The third-order valence-electron chi connectivity index (χ3n) is 5.04. The average Bonchev–Trinajstić information content (AvgIpc) is 2.76. The Bertz CT molecular complexity index is 832. The first kappa shape index (κ1) is 18.0. The minimum atomic E-state index is -0.162. The molecule has 0 aromatic heterocycles. The lowest BCUT2D eigenvalue weighted by molar-refractivity contribution is 0.0895. The van der Waals surface area contributed by atoms with Gasteiger partial charge in [-0.3, -0.25) is 4.79 Å². The Kier molecular flexibility index (Phi) is 5.71. The van der Waals surface area contributed by atoms with E-state index in [0.717, 1.165) is 31.5 Å². The SMILES string of the molecule is O=C(c1ccc([S+](c2ccccc2)c2ccccc2)cc1)C1CCNCC1. The van der Waals surface area contributed by atoms with Crippen molar-refractivity contribution in [3.63, 3.8) is 0 Å². The van der Waals surface area contributed by atoms with Crippen LogP contribution in [-0.4, -0.2) is 18.9 Å². The molecule has 1 saturated heterocycles. The van der Waals surface area contributed by atoms with E-state index in [4.69, 9.17) is 0 Å². The fourth-order valence-electron chi connectivity index (χ4n) is 3.60. The zero-order valence-corrected chi connectivity index (χ0v) is 16.1. The number of nitrogens with one attached hydrogen (secondary N) is 1. The maximum absolute atomic E-state index is 12.8. The van der Waals surface area contributed by atoms with Crippen LogP contribution in [0.4, 0.5) is 0 Å². The van der Waals surface area contributed by atoms with Crippen molar-refractivity contribution in [2.45, 2.75) is 27.5 Å². The molecule has 0 saturated carbocycles. The number of rotatable bonds is 5. The molecule has 2 nitrogen and oxygen atoms in total. The second-order valence-corrected chi connectivity index (χ2v) is 8.87. The van der Waals surface area contributed by atoms with E-state index in [1.807, 2.05) is 12.1 Å². The summed E-state index contributed by atoms with van der Waals surface area (Å²) in [7, 11) is -0.162. The van der Waals surface area contributed by atoms with Gasteiger partial charge in [0.2, 0.25) is 0 Å². The highest BCUT2D eigenvalue weighted by Gasteiger charge is 2.29. The van der Waals surface area contributed by atoms with E-state index in [0.29, 0.717) is 5.78 Å². The maximum Gasteiger partial charge on any atom is 0.166 e. The van der Waals surface area contributed by atoms with Gasteiger partial charge in [0.15, 0.2) is 20.5 Å². The summed E-state index contributed by atoms with van der Waals surface area (Å²) in [5.74, 6) is 0.459. The fourth-order valence-corrected chi connectivity index (χ4v) is 5.68. The Labute approximate surface area is 164 Å². The highest BCUT2D eigenvalue weighted by molar-refractivity contribution is 7.97. The molecule has 0 spiro atoms. The van der Waals surface area contributed by atoms with E-state index in [1.54, 1.807) is 0 Å². The summed E-state index contributed by atoms with van der Waals surface area (Å²) in [6, 6.07) is 29.5. The normalized spacial score (nSPS) is 15.0. The summed E-state index contributed by atoms with van der Waals surface area (Å²) in [6.07, 6.45) is 1.89. The molecular weight excluding hydrogens is 350 g/mol. The molecule has 27 heavy (non-hydrogen) atoms. The predicted octanol–water partition coefficient (Wildman–Crippen LogP) is 4.96. The van der Waals surface area contributed by atoms with Crippen LogP contribution in [0, 0.1) is 5.92 Å². The highest BCUT2D eigenvalue weighted by Crippen LogP contribution is 2.31. The zero-order chi connectivity index (χ0) is 18.5. The Hall–Kier alpha value is -2.36. The molecule has 1 fully saturated rings. The minimum Gasteiger partial charge on any atom is -0.317 e. The zero-order valence-electron chi connectivity index (χ0n) is 15.3. The molecule has 1 aliphatic rings. The topological polar surface area (TPSA) is 29.1 Å². The van der Waals surface area contributed by atoms with Crippen LogP contribution in [-0.2, 0) is 10.9 Å². The molecule has 3 heteroatoms. The van der Waals surface area contributed by atoms with E-state index in [1.165, 1.54) is 14.7 Å². The molecule has 0 amide bonds. The smallest absolute Gasteiger partial charge is 0.166 e. The van der Waals surface area contributed by atoms with Gasteiger partial charge in [-0.25, -0.2) is 0 Å². The lowest BCUT2D eigenvalue weighted by Crippen LogP contribution is -2.31. The Morgan fingerprint density at radius 3 is 1.70 bits per heavy atom. The fraction of sp³-hybridized carbons (Fsp3) is 0.208. The molecule has 3 aromatic rings. The third kappa shape index (κ3) is 4.15. The third-order valence-corrected chi connectivity index (χ3v) is 7.27. The summed E-state index contributed by atoms with van der Waals surface area (Å²) < 4.78 is 0. The molecule has 0 bridgehead atoms. The predicted molar refractivity (Wildman–Crippen MR) is 111 cm³/mol. The number of carbonyl (C=O) groups excluding carboxylic acids is 1. The van der Waals surface area contributed by atoms with Crippen LogP contribution in [0.2, 0.25) is 0 Å². The van der Waals surface area contributed by atoms with Gasteiger partial charge in [0, 0.05) is 11.5 Å². The first-order valence-corrected chi connectivity index (χ1v) is 10.7. The van der Waals surface area contributed by atoms with Gasteiger partial charge in [-0.1, -0.05) is 36.4 Å². The first-order valence-electron chi connectivity index (χ1n) is 9.52. The molecule has 0 unspecified atom stereocenters. The molecule has 1 heterocycles. The number of hydrogen-bond donors (Lipinski definition) is 1. The van der Waals surface area contributed by atoms with Gasteiger partial charge in [0.05, 0.1) is 10.9 Å². The summed E-state index contributed by atoms with van der Waals surface area (Å²) in [4.78, 5) is 16.6. The second-order valence-electron chi connectivity index (χ2n) is 6.85. The van der Waals surface area contributed by atoms with Crippen molar-refractivity contribution in [3.8, 4) is 0 Å². The number of benzene rings is 3. The van der Waals surface area contributed by atoms with E-state index in [-0.39, 0.29) is 16.8 Å². The van der Waals surface area contributed by atoms with Gasteiger partial charge in [0.25, 0.3) is 0 Å². The van der Waals surface area contributed by atoms with Crippen LogP contribution < -0.4 is 5.32 Å². The summed E-state index contributed by atoms with van der Waals surface area (Å²) in [5.41, 5.74) is 0.843. The van der Waals surface area contributed by atoms with E-state index >= 15 is 0 Å². The minimum absolute atomic E-state index is 0.162. The summed E-state index contributed by atoms with van der Waals surface area (Å²) in [5, 5.41) is 3.33. The number of Topliss-reactive ketones (excluding diaryl/α,β-unsaturated/α-hetero) is 1. The molecule has 3 aromatic carbocycles. The lowest BCUT2D eigenvalue weighted by Gasteiger charge is -2.21. The van der Waals surface area contributed by atoms with Gasteiger partial charge in [0.1, 0.15) is 0 Å². The standard InChI is InChI=1S/C24H24NOS/c26-24(20-15-17-25-18-16-20)19-11-13-23(14-12-19)27(21-7-3-1-4-8-21)22-9-5-2-6-10-22/h1-14,20,25H,15-18H2/q+1. The lowest BCUT2D eigenvalue weighted by atomic mass is 9.90. The monoisotopic (exact) mass is 374 g/mol. The molecule has 0 radical (unpaired) electrons.